The number of nitrogens with zero attached hydrogens (tertiary/aromatic N) is 1. The van der Waals surface area contributed by atoms with Crippen molar-refractivity contribution in [3.8, 4) is 5.75 Å². The first-order valence-corrected chi connectivity index (χ1v) is 10.0. The zero-order chi connectivity index (χ0) is 18.4. The number of nitrogens with one attached hydrogen (secondary N) is 2. The van der Waals surface area contributed by atoms with E-state index in [1.807, 2.05) is 35.6 Å². The number of rotatable bonds is 7. The molecule has 5 nitrogen and oxygen atoms in total. The maximum atomic E-state index is 12.2. The third-order valence-corrected chi connectivity index (χ3v) is 5.86. The summed E-state index contributed by atoms with van der Waals surface area (Å²) in [6.07, 6.45) is 1.96. The molecule has 3 rings (SSSR count). The molecular weight excluding hydrogens is 346 g/mol. The molecule has 0 spiro atoms. The number of hydrogen-bond acceptors (Lipinski definition) is 4. The Hall–Kier alpha value is -2.05. The molecule has 0 radical (unpaired) electrons. The van der Waals surface area contributed by atoms with Crippen LogP contribution in [-0.4, -0.2) is 37.7 Å². The molecule has 0 saturated heterocycles. The van der Waals surface area contributed by atoms with Gasteiger partial charge in [-0.3, -0.25) is 4.90 Å². The highest BCUT2D eigenvalue weighted by atomic mass is 32.1. The highest BCUT2D eigenvalue weighted by molar-refractivity contribution is 7.10. The van der Waals surface area contributed by atoms with Gasteiger partial charge in [-0.15, -0.1) is 11.3 Å². The Kier molecular flexibility index (Phi) is 6.52. The zero-order valence-electron chi connectivity index (χ0n) is 15.5. The Morgan fingerprint density at radius 1 is 1.31 bits per heavy atom. The molecule has 0 aliphatic carbocycles. The van der Waals surface area contributed by atoms with Crippen LogP contribution in [0.2, 0.25) is 0 Å². The average molecular weight is 374 g/mol. The van der Waals surface area contributed by atoms with Crippen LogP contribution in [0.4, 0.5) is 4.79 Å². The van der Waals surface area contributed by atoms with Gasteiger partial charge in [0.25, 0.3) is 0 Å². The van der Waals surface area contributed by atoms with E-state index in [1.54, 1.807) is 7.11 Å². The molecule has 1 aromatic carbocycles. The fraction of sp³-hybridized carbons (Fsp3) is 0.450. The number of benzene rings is 1. The van der Waals surface area contributed by atoms with Gasteiger partial charge in [0.1, 0.15) is 5.75 Å². The van der Waals surface area contributed by atoms with E-state index in [2.05, 4.69) is 33.9 Å². The third kappa shape index (κ3) is 4.77. The molecule has 2 heterocycles. The summed E-state index contributed by atoms with van der Waals surface area (Å²) in [5, 5.41) is 8.22. The normalized spacial score (nSPS) is 15.2. The van der Waals surface area contributed by atoms with E-state index in [-0.39, 0.29) is 12.1 Å². The summed E-state index contributed by atoms with van der Waals surface area (Å²) in [4.78, 5) is 16.2. The van der Waals surface area contributed by atoms with Gasteiger partial charge in [-0.2, -0.15) is 0 Å². The van der Waals surface area contributed by atoms with Gasteiger partial charge in [-0.25, -0.2) is 4.79 Å². The minimum atomic E-state index is -0.110. The molecule has 2 amide bonds. The van der Waals surface area contributed by atoms with Crippen molar-refractivity contribution in [2.75, 3.05) is 26.7 Å². The molecule has 1 aromatic heterocycles. The van der Waals surface area contributed by atoms with Crippen molar-refractivity contribution in [2.45, 2.75) is 32.4 Å². The Bertz CT molecular complexity index is 714. The smallest absolute Gasteiger partial charge is 0.315 e. The van der Waals surface area contributed by atoms with Gasteiger partial charge >= 0.3 is 6.03 Å². The SMILES string of the molecule is CCC(NC(=O)NCCN1CCc2sccc2C1)c1ccc(OC)cc1. The van der Waals surface area contributed by atoms with Gasteiger partial charge in [0.15, 0.2) is 0 Å². The molecular formula is C20H27N3O2S. The molecule has 6 heteroatoms. The van der Waals surface area contributed by atoms with Crippen LogP contribution in [0.15, 0.2) is 35.7 Å². The van der Waals surface area contributed by atoms with Crippen LogP contribution < -0.4 is 15.4 Å². The van der Waals surface area contributed by atoms with Crippen molar-refractivity contribution >= 4 is 17.4 Å². The summed E-state index contributed by atoms with van der Waals surface area (Å²) >= 11 is 1.85. The topological polar surface area (TPSA) is 53.6 Å². The average Bonchev–Trinajstić information content (AvgIpc) is 3.14. The van der Waals surface area contributed by atoms with Crippen molar-refractivity contribution in [1.29, 1.82) is 0 Å². The number of amides is 2. The lowest BCUT2D eigenvalue weighted by molar-refractivity contribution is 0.228. The molecule has 1 aliphatic rings. The molecule has 0 fully saturated rings. The number of fused-ring (bicyclic) bond motifs is 1. The molecule has 2 N–H and O–H groups in total. The number of ether oxygens (including phenoxy) is 1. The predicted octanol–water partition coefficient (Wildman–Crippen LogP) is 3.57. The van der Waals surface area contributed by atoms with Crippen LogP contribution in [-0.2, 0) is 13.0 Å². The van der Waals surface area contributed by atoms with Crippen molar-refractivity contribution in [2.24, 2.45) is 0 Å². The van der Waals surface area contributed by atoms with E-state index in [9.17, 15) is 4.79 Å². The van der Waals surface area contributed by atoms with Gasteiger partial charge in [0, 0.05) is 31.1 Å². The molecule has 1 atom stereocenters. The number of carbonyl (C=O) groups is 1. The minimum absolute atomic E-state index is 0.00394. The highest BCUT2D eigenvalue weighted by Crippen LogP contribution is 2.23. The third-order valence-electron chi connectivity index (χ3n) is 4.83. The van der Waals surface area contributed by atoms with Gasteiger partial charge in [0.05, 0.1) is 13.2 Å². The Morgan fingerprint density at radius 3 is 2.85 bits per heavy atom. The van der Waals surface area contributed by atoms with E-state index in [1.165, 1.54) is 10.4 Å². The predicted molar refractivity (Wildman–Crippen MR) is 106 cm³/mol. The lowest BCUT2D eigenvalue weighted by Gasteiger charge is -2.27. The Morgan fingerprint density at radius 2 is 2.12 bits per heavy atom. The van der Waals surface area contributed by atoms with E-state index in [4.69, 9.17) is 4.74 Å². The van der Waals surface area contributed by atoms with E-state index < -0.39 is 0 Å². The number of hydrogen-bond donors (Lipinski definition) is 2. The number of methoxy groups -OCH3 is 1. The van der Waals surface area contributed by atoms with Crippen LogP contribution in [0.3, 0.4) is 0 Å². The molecule has 0 saturated carbocycles. The minimum Gasteiger partial charge on any atom is -0.497 e. The molecule has 1 aliphatic heterocycles. The Balaban J connectivity index is 1.42. The van der Waals surface area contributed by atoms with E-state index in [0.717, 1.165) is 43.8 Å². The summed E-state index contributed by atoms with van der Waals surface area (Å²) in [6.45, 7) is 5.67. The molecule has 0 bridgehead atoms. The second-order valence-electron chi connectivity index (χ2n) is 6.53. The summed E-state index contributed by atoms with van der Waals surface area (Å²) in [6, 6.07) is 9.95. The number of thiophene rings is 1. The monoisotopic (exact) mass is 373 g/mol. The number of urea groups is 1. The molecule has 26 heavy (non-hydrogen) atoms. The maximum Gasteiger partial charge on any atom is 0.315 e. The quantitative estimate of drug-likeness (QED) is 0.780. The van der Waals surface area contributed by atoms with Crippen molar-refractivity contribution in [3.63, 3.8) is 0 Å². The van der Waals surface area contributed by atoms with Gasteiger partial charge in [0.2, 0.25) is 0 Å². The molecule has 1 unspecified atom stereocenters. The standard InChI is InChI=1S/C20H27N3O2S/c1-3-18(15-4-6-17(25-2)7-5-15)22-20(24)21-10-12-23-11-8-19-16(14-23)9-13-26-19/h4-7,9,13,18H,3,8,10-12,14H2,1-2H3,(H2,21,22,24). The van der Waals surface area contributed by atoms with Crippen LogP contribution in [0.5, 0.6) is 5.75 Å². The lowest BCUT2D eigenvalue weighted by Crippen LogP contribution is -2.42. The summed E-state index contributed by atoms with van der Waals surface area (Å²) in [7, 11) is 1.65. The highest BCUT2D eigenvalue weighted by Gasteiger charge is 2.17. The fourth-order valence-corrected chi connectivity index (χ4v) is 4.18. The van der Waals surface area contributed by atoms with Crippen molar-refractivity contribution in [1.82, 2.24) is 15.5 Å². The first kappa shape index (κ1) is 18.7. The van der Waals surface area contributed by atoms with Crippen LogP contribution in [0, 0.1) is 0 Å². The van der Waals surface area contributed by atoms with Crippen LogP contribution in [0.1, 0.15) is 35.4 Å². The molecule has 140 valence electrons. The van der Waals surface area contributed by atoms with E-state index >= 15 is 0 Å². The van der Waals surface area contributed by atoms with Crippen LogP contribution >= 0.6 is 11.3 Å². The van der Waals surface area contributed by atoms with Gasteiger partial charge in [-0.05, 0) is 47.5 Å². The lowest BCUT2D eigenvalue weighted by atomic mass is 10.0. The first-order chi connectivity index (χ1) is 12.7. The molecule has 2 aromatic rings. The Labute approximate surface area is 159 Å². The largest absolute Gasteiger partial charge is 0.497 e. The van der Waals surface area contributed by atoms with Crippen molar-refractivity contribution in [3.05, 3.63) is 51.7 Å². The maximum absolute atomic E-state index is 12.2. The van der Waals surface area contributed by atoms with Crippen LogP contribution in [0.25, 0.3) is 0 Å². The number of carbonyl (C=O) groups excluding carboxylic acids is 1. The second kappa shape index (κ2) is 9.05. The second-order valence-corrected chi connectivity index (χ2v) is 7.53. The summed E-state index contributed by atoms with van der Waals surface area (Å²) in [5.74, 6) is 0.823. The fourth-order valence-electron chi connectivity index (χ4n) is 3.29. The zero-order valence-corrected chi connectivity index (χ0v) is 16.3. The summed E-state index contributed by atoms with van der Waals surface area (Å²) in [5.41, 5.74) is 2.53. The van der Waals surface area contributed by atoms with Crippen molar-refractivity contribution < 1.29 is 9.53 Å². The first-order valence-electron chi connectivity index (χ1n) is 9.15. The summed E-state index contributed by atoms with van der Waals surface area (Å²) < 4.78 is 5.19. The van der Waals surface area contributed by atoms with E-state index in [0.29, 0.717) is 6.54 Å². The van der Waals surface area contributed by atoms with Gasteiger partial charge < -0.3 is 15.4 Å². The van der Waals surface area contributed by atoms with Gasteiger partial charge in [-0.1, -0.05) is 19.1 Å².